The van der Waals surface area contributed by atoms with E-state index >= 15 is 0 Å². The predicted octanol–water partition coefficient (Wildman–Crippen LogP) is 0.421. The lowest BCUT2D eigenvalue weighted by molar-refractivity contribution is -0.127. The predicted molar refractivity (Wildman–Crippen MR) is 72.8 cm³/mol. The molecule has 1 saturated carbocycles. The highest BCUT2D eigenvalue weighted by Gasteiger charge is 2.35. The van der Waals surface area contributed by atoms with E-state index in [1.165, 1.54) is 0 Å². The molecule has 2 rings (SSSR count). The Kier molecular flexibility index (Phi) is 5.60. The summed E-state index contributed by atoms with van der Waals surface area (Å²) >= 11 is 0. The normalized spacial score (nSPS) is 35.3. The van der Waals surface area contributed by atoms with Crippen LogP contribution >= 0.6 is 0 Å². The molecule has 4 atom stereocenters. The number of nitrogens with one attached hydrogen (secondary N) is 2. The molecule has 0 aromatic carbocycles. The van der Waals surface area contributed by atoms with Gasteiger partial charge in [-0.1, -0.05) is 19.8 Å². The van der Waals surface area contributed by atoms with Crippen LogP contribution in [0.3, 0.4) is 0 Å². The summed E-state index contributed by atoms with van der Waals surface area (Å²) in [6, 6.07) is 0.0364. The Morgan fingerprint density at radius 2 is 2.05 bits per heavy atom. The molecule has 1 amide bonds. The molecule has 3 N–H and O–H groups in total. The van der Waals surface area contributed by atoms with Crippen molar-refractivity contribution < 1.29 is 14.6 Å². The third-order valence-electron chi connectivity index (χ3n) is 4.13. The molecule has 0 bridgehead atoms. The minimum atomic E-state index is -0.387. The van der Waals surface area contributed by atoms with Gasteiger partial charge < -0.3 is 20.5 Å². The van der Waals surface area contributed by atoms with Crippen molar-refractivity contribution in [2.24, 2.45) is 5.92 Å². The zero-order valence-electron chi connectivity index (χ0n) is 11.7. The number of aliphatic hydroxyl groups excluding tert-OH is 1. The second-order valence-electron chi connectivity index (χ2n) is 5.67. The van der Waals surface area contributed by atoms with E-state index in [9.17, 15) is 9.90 Å². The lowest BCUT2D eigenvalue weighted by Crippen LogP contribution is -2.51. The van der Waals surface area contributed by atoms with Crippen LogP contribution in [0.2, 0.25) is 0 Å². The minimum Gasteiger partial charge on any atom is -0.391 e. The number of rotatable bonds is 5. The van der Waals surface area contributed by atoms with E-state index in [0.29, 0.717) is 13.2 Å². The van der Waals surface area contributed by atoms with Gasteiger partial charge >= 0.3 is 0 Å². The molecule has 1 aliphatic heterocycles. The van der Waals surface area contributed by atoms with Crippen molar-refractivity contribution >= 4 is 5.91 Å². The first-order valence-corrected chi connectivity index (χ1v) is 7.52. The lowest BCUT2D eigenvalue weighted by atomic mass is 9.91. The Balaban J connectivity index is 1.84. The third kappa shape index (κ3) is 3.91. The van der Waals surface area contributed by atoms with Gasteiger partial charge in [0.1, 0.15) is 0 Å². The standard InChI is InChI=1S/C14H26N2O3/c1-2-7-15-12-9-19-8-10(12)14(18)16-11-5-3-4-6-13(11)17/h10-13,15,17H,2-9H2,1H3,(H,16,18)/t10?,11-,12?,13-/m1/s1. The summed E-state index contributed by atoms with van der Waals surface area (Å²) in [5.41, 5.74) is 0. The number of ether oxygens (including phenoxy) is 1. The molecule has 2 aliphatic rings. The molecule has 5 heteroatoms. The highest BCUT2D eigenvalue weighted by molar-refractivity contribution is 5.80. The maximum absolute atomic E-state index is 12.3. The van der Waals surface area contributed by atoms with Crippen LogP contribution in [0.25, 0.3) is 0 Å². The summed E-state index contributed by atoms with van der Waals surface area (Å²) in [5, 5.41) is 16.3. The molecule has 2 fully saturated rings. The molecule has 0 aromatic rings. The lowest BCUT2D eigenvalue weighted by Gasteiger charge is -2.30. The number of aliphatic hydroxyl groups is 1. The Morgan fingerprint density at radius 3 is 2.79 bits per heavy atom. The summed E-state index contributed by atoms with van der Waals surface area (Å²) in [5.74, 6) is -0.0993. The van der Waals surface area contributed by atoms with Crippen LogP contribution in [0.5, 0.6) is 0 Å². The average molecular weight is 270 g/mol. The van der Waals surface area contributed by atoms with Gasteiger partial charge in [0.25, 0.3) is 0 Å². The van der Waals surface area contributed by atoms with Gasteiger partial charge in [0.05, 0.1) is 31.3 Å². The van der Waals surface area contributed by atoms with E-state index in [4.69, 9.17) is 4.74 Å². The van der Waals surface area contributed by atoms with Gasteiger partial charge in [0, 0.05) is 6.04 Å². The number of amides is 1. The SMILES string of the molecule is CCCNC1COCC1C(=O)N[C@@H]1CCCC[C@H]1O. The highest BCUT2D eigenvalue weighted by Crippen LogP contribution is 2.20. The van der Waals surface area contributed by atoms with E-state index in [-0.39, 0.29) is 30.0 Å². The molecule has 1 saturated heterocycles. The van der Waals surface area contributed by atoms with Crippen molar-refractivity contribution in [2.45, 2.75) is 57.2 Å². The minimum absolute atomic E-state index is 0.0250. The first kappa shape index (κ1) is 14.8. The fourth-order valence-electron chi connectivity index (χ4n) is 2.91. The van der Waals surface area contributed by atoms with Crippen molar-refractivity contribution in [1.29, 1.82) is 0 Å². The second-order valence-corrected chi connectivity index (χ2v) is 5.67. The van der Waals surface area contributed by atoms with E-state index in [0.717, 1.165) is 38.6 Å². The molecule has 0 radical (unpaired) electrons. The number of hydrogen-bond acceptors (Lipinski definition) is 4. The van der Waals surface area contributed by atoms with Gasteiger partial charge in [-0.15, -0.1) is 0 Å². The maximum atomic E-state index is 12.3. The molecular formula is C14H26N2O3. The molecular weight excluding hydrogens is 244 g/mol. The Labute approximate surface area is 115 Å². The molecule has 19 heavy (non-hydrogen) atoms. The Bertz CT molecular complexity index is 298. The third-order valence-corrected chi connectivity index (χ3v) is 4.13. The monoisotopic (exact) mass is 270 g/mol. The molecule has 110 valence electrons. The molecule has 5 nitrogen and oxygen atoms in total. The van der Waals surface area contributed by atoms with Gasteiger partial charge in [-0.05, 0) is 25.8 Å². The first-order chi connectivity index (χ1) is 9.22. The molecule has 2 unspecified atom stereocenters. The summed E-state index contributed by atoms with van der Waals surface area (Å²) in [6.45, 7) is 4.10. The van der Waals surface area contributed by atoms with Gasteiger partial charge in [0.15, 0.2) is 0 Å². The van der Waals surface area contributed by atoms with Crippen molar-refractivity contribution in [1.82, 2.24) is 10.6 Å². The van der Waals surface area contributed by atoms with Crippen LogP contribution in [0.4, 0.5) is 0 Å². The van der Waals surface area contributed by atoms with Crippen LogP contribution in [-0.2, 0) is 9.53 Å². The van der Waals surface area contributed by atoms with Gasteiger partial charge in [0.2, 0.25) is 5.91 Å². The van der Waals surface area contributed by atoms with Gasteiger partial charge in [-0.25, -0.2) is 0 Å². The quantitative estimate of drug-likeness (QED) is 0.677. The van der Waals surface area contributed by atoms with Crippen LogP contribution in [0.15, 0.2) is 0 Å². The van der Waals surface area contributed by atoms with Crippen LogP contribution in [0.1, 0.15) is 39.0 Å². The van der Waals surface area contributed by atoms with Crippen molar-refractivity contribution in [2.75, 3.05) is 19.8 Å². The molecule has 0 spiro atoms. The average Bonchev–Trinajstić information content (AvgIpc) is 2.87. The van der Waals surface area contributed by atoms with E-state index < -0.39 is 0 Å². The smallest absolute Gasteiger partial charge is 0.227 e. The Hall–Kier alpha value is -0.650. The topological polar surface area (TPSA) is 70.6 Å². The van der Waals surface area contributed by atoms with Crippen LogP contribution in [-0.4, -0.2) is 49.0 Å². The first-order valence-electron chi connectivity index (χ1n) is 7.52. The maximum Gasteiger partial charge on any atom is 0.227 e. The zero-order valence-corrected chi connectivity index (χ0v) is 11.7. The van der Waals surface area contributed by atoms with Crippen molar-refractivity contribution in [3.05, 3.63) is 0 Å². The van der Waals surface area contributed by atoms with Gasteiger partial charge in [-0.2, -0.15) is 0 Å². The van der Waals surface area contributed by atoms with Crippen molar-refractivity contribution in [3.8, 4) is 0 Å². The van der Waals surface area contributed by atoms with Crippen molar-refractivity contribution in [3.63, 3.8) is 0 Å². The number of carbonyl (C=O) groups excluding carboxylic acids is 1. The summed E-state index contributed by atoms with van der Waals surface area (Å²) in [4.78, 5) is 12.3. The number of carbonyl (C=O) groups is 1. The molecule has 0 aromatic heterocycles. The molecule has 1 aliphatic carbocycles. The number of hydrogen-bond donors (Lipinski definition) is 3. The highest BCUT2D eigenvalue weighted by atomic mass is 16.5. The fraction of sp³-hybridized carbons (Fsp3) is 0.929. The zero-order chi connectivity index (χ0) is 13.7. The summed E-state index contributed by atoms with van der Waals surface area (Å²) in [6.07, 6.45) is 4.48. The van der Waals surface area contributed by atoms with E-state index in [1.54, 1.807) is 0 Å². The van der Waals surface area contributed by atoms with E-state index in [1.807, 2.05) is 0 Å². The largest absolute Gasteiger partial charge is 0.391 e. The fourth-order valence-corrected chi connectivity index (χ4v) is 2.91. The van der Waals surface area contributed by atoms with Gasteiger partial charge in [-0.3, -0.25) is 4.79 Å². The van der Waals surface area contributed by atoms with E-state index in [2.05, 4.69) is 17.6 Å². The Morgan fingerprint density at radius 1 is 1.26 bits per heavy atom. The molecule has 1 heterocycles. The van der Waals surface area contributed by atoms with Crippen LogP contribution < -0.4 is 10.6 Å². The second kappa shape index (κ2) is 7.22. The summed E-state index contributed by atoms with van der Waals surface area (Å²) < 4.78 is 5.42. The van der Waals surface area contributed by atoms with Crippen LogP contribution in [0, 0.1) is 5.92 Å². The summed E-state index contributed by atoms with van der Waals surface area (Å²) in [7, 11) is 0.